The standard InChI is InChI=1S/C23H20FN3O6/c1-2-31-23(30)19-20(29)18(10-13-12-26-21-15(13)4-3-7-25-21)33-22(19)27-17-6-5-14(11-16(17)24)32-9-8-28/h3-7,10-12,27-28H,2,8-9H2,1H3,(H,25,26)/b18-10-. The van der Waals surface area contributed by atoms with Gasteiger partial charge in [0.15, 0.2) is 11.3 Å². The van der Waals surface area contributed by atoms with Crippen molar-refractivity contribution < 1.29 is 33.3 Å². The molecule has 0 amide bonds. The van der Waals surface area contributed by atoms with Crippen molar-refractivity contribution in [1.29, 1.82) is 0 Å². The smallest absolute Gasteiger partial charge is 0.347 e. The second-order valence-corrected chi connectivity index (χ2v) is 6.85. The molecule has 10 heteroatoms. The molecule has 1 aliphatic heterocycles. The maximum atomic E-state index is 14.6. The molecule has 1 aliphatic rings. The van der Waals surface area contributed by atoms with Crippen LogP contribution in [0, 0.1) is 5.82 Å². The molecule has 3 N–H and O–H groups in total. The van der Waals surface area contributed by atoms with Crippen LogP contribution in [0.25, 0.3) is 17.1 Å². The van der Waals surface area contributed by atoms with Gasteiger partial charge in [-0.2, -0.15) is 0 Å². The Morgan fingerprint density at radius 2 is 2.21 bits per heavy atom. The average molecular weight is 453 g/mol. The molecule has 0 unspecified atom stereocenters. The quantitative estimate of drug-likeness (QED) is 0.270. The van der Waals surface area contributed by atoms with E-state index in [1.54, 1.807) is 25.4 Å². The van der Waals surface area contributed by atoms with Crippen molar-refractivity contribution in [3.05, 3.63) is 71.3 Å². The van der Waals surface area contributed by atoms with Crippen LogP contribution in [-0.4, -0.2) is 46.6 Å². The first-order chi connectivity index (χ1) is 16.0. The van der Waals surface area contributed by atoms with Crippen LogP contribution >= 0.6 is 0 Å². The van der Waals surface area contributed by atoms with E-state index < -0.39 is 17.6 Å². The van der Waals surface area contributed by atoms with Gasteiger partial charge in [0.2, 0.25) is 11.7 Å². The average Bonchev–Trinajstić information content (AvgIpc) is 3.35. The summed E-state index contributed by atoms with van der Waals surface area (Å²) >= 11 is 0. The SMILES string of the molecule is CCOC(=O)C1=C(Nc2ccc(OCCO)cc2F)O/C(=C\c2c[nH]c3ncccc23)C1=O. The number of pyridine rings is 1. The number of aliphatic hydroxyl groups excluding tert-OH is 1. The lowest BCUT2D eigenvalue weighted by Gasteiger charge is -2.11. The fourth-order valence-corrected chi connectivity index (χ4v) is 3.22. The predicted octanol–water partition coefficient (Wildman–Crippen LogP) is 2.90. The number of aliphatic hydroxyl groups is 1. The van der Waals surface area contributed by atoms with E-state index in [-0.39, 0.29) is 48.5 Å². The number of carbonyl (C=O) groups excluding carboxylic acids is 2. The van der Waals surface area contributed by atoms with E-state index in [0.717, 1.165) is 11.5 Å². The molecule has 1 aromatic carbocycles. The van der Waals surface area contributed by atoms with Crippen molar-refractivity contribution in [3.8, 4) is 5.75 Å². The Balaban J connectivity index is 1.66. The number of Topliss-reactive ketones (excluding diaryl/α,β-unsaturated/α-hetero) is 1. The van der Waals surface area contributed by atoms with Crippen molar-refractivity contribution in [2.75, 3.05) is 25.1 Å². The van der Waals surface area contributed by atoms with Crippen molar-refractivity contribution in [2.24, 2.45) is 0 Å². The zero-order chi connectivity index (χ0) is 23.4. The molecule has 170 valence electrons. The number of anilines is 1. The van der Waals surface area contributed by atoms with Gasteiger partial charge in [-0.05, 0) is 37.3 Å². The minimum atomic E-state index is -0.891. The molecule has 0 aliphatic carbocycles. The third-order valence-corrected chi connectivity index (χ3v) is 4.69. The van der Waals surface area contributed by atoms with Gasteiger partial charge in [0.25, 0.3) is 0 Å². The van der Waals surface area contributed by atoms with E-state index in [1.165, 1.54) is 18.2 Å². The molecule has 0 radical (unpaired) electrons. The van der Waals surface area contributed by atoms with Crippen LogP contribution in [0.3, 0.4) is 0 Å². The fourth-order valence-electron chi connectivity index (χ4n) is 3.22. The van der Waals surface area contributed by atoms with Crippen LogP contribution in [0.1, 0.15) is 12.5 Å². The van der Waals surface area contributed by atoms with Crippen LogP contribution in [-0.2, 0) is 19.1 Å². The van der Waals surface area contributed by atoms with Gasteiger partial charge in [0.1, 0.15) is 23.8 Å². The van der Waals surface area contributed by atoms with E-state index in [1.807, 2.05) is 6.07 Å². The molecule has 0 spiro atoms. The number of hydrogen-bond donors (Lipinski definition) is 3. The lowest BCUT2D eigenvalue weighted by atomic mass is 10.1. The summed E-state index contributed by atoms with van der Waals surface area (Å²) in [5, 5.41) is 12.2. The van der Waals surface area contributed by atoms with E-state index >= 15 is 0 Å². The highest BCUT2D eigenvalue weighted by Gasteiger charge is 2.37. The van der Waals surface area contributed by atoms with E-state index in [2.05, 4.69) is 15.3 Å². The molecule has 0 saturated carbocycles. The second kappa shape index (κ2) is 9.53. The summed E-state index contributed by atoms with van der Waals surface area (Å²) in [5.41, 5.74) is 0.828. The summed E-state index contributed by atoms with van der Waals surface area (Å²) in [6.07, 6.45) is 4.75. The van der Waals surface area contributed by atoms with E-state index in [4.69, 9.17) is 19.3 Å². The van der Waals surface area contributed by atoms with Crippen molar-refractivity contribution in [3.63, 3.8) is 0 Å². The molecule has 0 atom stereocenters. The number of hydrogen-bond acceptors (Lipinski definition) is 8. The van der Waals surface area contributed by atoms with Gasteiger partial charge in [-0.25, -0.2) is 14.2 Å². The number of ether oxygens (including phenoxy) is 3. The van der Waals surface area contributed by atoms with Gasteiger partial charge in [-0.15, -0.1) is 0 Å². The number of esters is 1. The summed E-state index contributed by atoms with van der Waals surface area (Å²) in [6, 6.07) is 7.51. The summed E-state index contributed by atoms with van der Waals surface area (Å²) in [4.78, 5) is 32.6. The number of ketones is 1. The normalized spacial score (nSPS) is 14.6. The lowest BCUT2D eigenvalue weighted by molar-refractivity contribution is -0.139. The number of benzene rings is 1. The molecule has 0 bridgehead atoms. The Labute approximate surface area is 187 Å². The molecule has 9 nitrogen and oxygen atoms in total. The number of nitrogens with zero attached hydrogens (tertiary/aromatic N) is 1. The zero-order valence-corrected chi connectivity index (χ0v) is 17.6. The summed E-state index contributed by atoms with van der Waals surface area (Å²) in [6.45, 7) is 1.45. The molecule has 2 aromatic heterocycles. The summed E-state index contributed by atoms with van der Waals surface area (Å²) < 4.78 is 30.4. The molecule has 3 aromatic rings. The Morgan fingerprint density at radius 3 is 2.97 bits per heavy atom. The first-order valence-corrected chi connectivity index (χ1v) is 10.1. The first-order valence-electron chi connectivity index (χ1n) is 10.1. The predicted molar refractivity (Wildman–Crippen MR) is 116 cm³/mol. The first kappa shape index (κ1) is 22.0. The molecule has 0 fully saturated rings. The number of fused-ring (bicyclic) bond motifs is 1. The monoisotopic (exact) mass is 453 g/mol. The maximum absolute atomic E-state index is 14.6. The van der Waals surface area contributed by atoms with Gasteiger partial charge in [-0.3, -0.25) is 4.79 Å². The molecule has 33 heavy (non-hydrogen) atoms. The van der Waals surface area contributed by atoms with E-state index in [9.17, 15) is 14.0 Å². The highest BCUT2D eigenvalue weighted by atomic mass is 19.1. The molecule has 4 rings (SSSR count). The van der Waals surface area contributed by atoms with E-state index in [0.29, 0.717) is 11.2 Å². The molecular weight excluding hydrogens is 433 g/mol. The lowest BCUT2D eigenvalue weighted by Crippen LogP contribution is -2.16. The number of halogens is 1. The summed E-state index contributed by atoms with van der Waals surface area (Å²) in [5.74, 6) is -2.46. The van der Waals surface area contributed by atoms with Crippen molar-refractivity contribution >= 4 is 34.5 Å². The van der Waals surface area contributed by atoms with Crippen molar-refractivity contribution in [1.82, 2.24) is 9.97 Å². The maximum Gasteiger partial charge on any atom is 0.347 e. The number of aromatic amines is 1. The number of carbonyl (C=O) groups is 2. The summed E-state index contributed by atoms with van der Waals surface area (Å²) in [7, 11) is 0. The number of H-pyrrole nitrogens is 1. The van der Waals surface area contributed by atoms with Crippen LogP contribution in [0.4, 0.5) is 10.1 Å². The highest BCUT2D eigenvalue weighted by molar-refractivity contribution is 6.26. The Morgan fingerprint density at radius 1 is 1.36 bits per heavy atom. The second-order valence-electron chi connectivity index (χ2n) is 6.85. The van der Waals surface area contributed by atoms with Crippen LogP contribution in [0.15, 0.2) is 59.9 Å². The Bertz CT molecular complexity index is 1280. The Hall–Kier alpha value is -4.18. The number of rotatable bonds is 8. The molecule has 3 heterocycles. The highest BCUT2D eigenvalue weighted by Crippen LogP contribution is 2.31. The van der Waals surface area contributed by atoms with Crippen LogP contribution < -0.4 is 10.1 Å². The largest absolute Gasteiger partial charge is 0.491 e. The molecule has 0 saturated heterocycles. The van der Waals surface area contributed by atoms with Crippen molar-refractivity contribution in [2.45, 2.75) is 6.92 Å². The number of aromatic nitrogens is 2. The minimum Gasteiger partial charge on any atom is -0.491 e. The number of nitrogens with one attached hydrogen (secondary N) is 2. The Kier molecular flexibility index (Phi) is 6.36. The van der Waals surface area contributed by atoms with Gasteiger partial charge in [0.05, 0.1) is 18.9 Å². The fraction of sp³-hybridized carbons (Fsp3) is 0.174. The van der Waals surface area contributed by atoms with Crippen LogP contribution in [0.2, 0.25) is 0 Å². The third-order valence-electron chi connectivity index (χ3n) is 4.69. The molecular formula is C23H20FN3O6. The van der Waals surface area contributed by atoms with Gasteiger partial charge in [-0.1, -0.05) is 0 Å². The van der Waals surface area contributed by atoms with Gasteiger partial charge >= 0.3 is 5.97 Å². The van der Waals surface area contributed by atoms with Gasteiger partial charge < -0.3 is 29.6 Å². The topological polar surface area (TPSA) is 123 Å². The number of allylic oxidation sites excluding steroid dienone is 1. The minimum absolute atomic E-state index is 0.0134. The third kappa shape index (κ3) is 4.55. The van der Waals surface area contributed by atoms with Gasteiger partial charge in [0, 0.05) is 29.4 Å². The zero-order valence-electron chi connectivity index (χ0n) is 17.6. The van der Waals surface area contributed by atoms with Crippen LogP contribution in [0.5, 0.6) is 5.75 Å².